The Labute approximate surface area is 204 Å². The van der Waals surface area contributed by atoms with Crippen LogP contribution in [0.25, 0.3) is 6.08 Å². The van der Waals surface area contributed by atoms with Crippen LogP contribution >= 0.6 is 0 Å². The van der Waals surface area contributed by atoms with Gasteiger partial charge in [-0.15, -0.1) is 0 Å². The minimum absolute atomic E-state index is 0.115. The molecule has 3 N–H and O–H groups in total. The van der Waals surface area contributed by atoms with Gasteiger partial charge in [-0.3, -0.25) is 4.79 Å². The van der Waals surface area contributed by atoms with Gasteiger partial charge < -0.3 is 29.7 Å². The van der Waals surface area contributed by atoms with E-state index >= 15 is 0 Å². The smallest absolute Gasteiger partial charge is 0.257 e. The van der Waals surface area contributed by atoms with Crippen molar-refractivity contribution in [3.63, 3.8) is 0 Å². The topological polar surface area (TPSA) is 97.3 Å². The fourth-order valence-corrected chi connectivity index (χ4v) is 7.06. The Bertz CT molecular complexity index is 1280. The molecular weight excluding hydrogens is 446 g/mol. The molecule has 3 atom stereocenters. The summed E-state index contributed by atoms with van der Waals surface area (Å²) >= 11 is 0. The zero-order chi connectivity index (χ0) is 25.0. The minimum atomic E-state index is -1.91. The van der Waals surface area contributed by atoms with Gasteiger partial charge in [0.25, 0.3) is 5.91 Å². The molecule has 184 valence electrons. The van der Waals surface area contributed by atoms with Crippen LogP contribution in [0.4, 0.5) is 5.69 Å². The molecule has 7 nitrogen and oxygen atoms in total. The predicted molar refractivity (Wildman–Crippen MR) is 130 cm³/mol. The van der Waals surface area contributed by atoms with Crippen LogP contribution in [0.15, 0.2) is 42.5 Å². The highest BCUT2D eigenvalue weighted by atomic mass is 16.5. The molecular formula is C28H31NO6. The van der Waals surface area contributed by atoms with Crippen LogP contribution in [0, 0.1) is 10.8 Å². The molecule has 35 heavy (non-hydrogen) atoms. The van der Waals surface area contributed by atoms with Gasteiger partial charge in [0.15, 0.2) is 11.7 Å². The second-order valence-electron chi connectivity index (χ2n) is 11.1. The van der Waals surface area contributed by atoms with E-state index in [0.717, 1.165) is 0 Å². The first kappa shape index (κ1) is 22.6. The third kappa shape index (κ3) is 2.58. The first-order valence-electron chi connectivity index (χ1n) is 12.0. The molecule has 4 aliphatic rings. The van der Waals surface area contributed by atoms with Crippen molar-refractivity contribution >= 4 is 17.7 Å². The van der Waals surface area contributed by atoms with Crippen molar-refractivity contribution in [2.75, 3.05) is 19.5 Å². The summed E-state index contributed by atoms with van der Waals surface area (Å²) in [6.45, 7) is 6.46. The number of phenols is 1. The number of carbonyl (C=O) groups excluding carboxylic acids is 1. The van der Waals surface area contributed by atoms with Crippen LogP contribution in [-0.4, -0.2) is 47.6 Å². The number of aliphatic hydroxyl groups is 1. The number of hydrogen-bond acceptors (Lipinski definition) is 6. The summed E-state index contributed by atoms with van der Waals surface area (Å²) in [5.74, 6) is -0.000566. The summed E-state index contributed by atoms with van der Waals surface area (Å²) in [7, 11) is 2.92. The molecule has 0 unspecified atom stereocenters. The number of ether oxygens (including phenoxy) is 3. The summed E-state index contributed by atoms with van der Waals surface area (Å²) in [5, 5.41) is 26.3. The van der Waals surface area contributed by atoms with Crippen molar-refractivity contribution in [1.82, 2.24) is 0 Å². The van der Waals surface area contributed by atoms with Crippen molar-refractivity contribution in [2.24, 2.45) is 10.8 Å². The Hall–Kier alpha value is -2.87. The van der Waals surface area contributed by atoms with Gasteiger partial charge in [-0.25, -0.2) is 0 Å². The highest BCUT2D eigenvalue weighted by Crippen LogP contribution is 2.98. The van der Waals surface area contributed by atoms with Gasteiger partial charge >= 0.3 is 0 Å². The minimum Gasteiger partial charge on any atom is -0.507 e. The first-order chi connectivity index (χ1) is 16.5. The number of nitrogens with one attached hydrogen (secondary N) is 1. The molecule has 2 aromatic rings. The normalized spacial score (nSPS) is 37.9. The number of benzene rings is 2. The Morgan fingerprint density at radius 2 is 1.74 bits per heavy atom. The number of anilines is 1. The summed E-state index contributed by atoms with van der Waals surface area (Å²) in [6, 6.07) is 10.2. The molecule has 2 heterocycles. The van der Waals surface area contributed by atoms with Gasteiger partial charge in [-0.05, 0) is 63.4 Å². The number of methoxy groups -OCH3 is 2. The lowest BCUT2D eigenvalue weighted by Crippen LogP contribution is -2.52. The largest absolute Gasteiger partial charge is 0.507 e. The monoisotopic (exact) mass is 477 g/mol. The van der Waals surface area contributed by atoms with Crippen molar-refractivity contribution in [2.45, 2.75) is 56.5 Å². The molecule has 0 aromatic heterocycles. The van der Waals surface area contributed by atoms with E-state index in [-0.39, 0.29) is 27.7 Å². The molecule has 2 aromatic carbocycles. The molecule has 7 heteroatoms. The molecule has 6 rings (SSSR count). The lowest BCUT2D eigenvalue weighted by Gasteiger charge is -2.40. The Morgan fingerprint density at radius 1 is 1.06 bits per heavy atom. The Morgan fingerprint density at radius 3 is 2.29 bits per heavy atom. The quantitative estimate of drug-likeness (QED) is 0.603. The van der Waals surface area contributed by atoms with Crippen LogP contribution in [0.1, 0.15) is 50.3 Å². The Balaban J connectivity index is 1.44. The van der Waals surface area contributed by atoms with Gasteiger partial charge in [0.05, 0.1) is 29.6 Å². The van der Waals surface area contributed by atoms with E-state index in [1.165, 1.54) is 20.0 Å². The number of aromatic hydroxyl groups is 1. The standard InChI is InChI=1S/C28H31NO6/c1-24(2)26-14-27(26,15-26)25(3,35-24)13-12-16-6-11-19-20(21(16)30)28(32,22(34-5)23(31)29-19)17-7-9-18(33-4)10-8-17/h6-13,22,30,32H,14-15H2,1-5H3,(H,29,31)/b13-12+/t22-,25+,26?,27?,28+/m0/s1. The van der Waals surface area contributed by atoms with Gasteiger partial charge in [-0.2, -0.15) is 0 Å². The number of hydrogen-bond donors (Lipinski definition) is 3. The van der Waals surface area contributed by atoms with Gasteiger partial charge in [0, 0.05) is 23.5 Å². The SMILES string of the molecule is COc1ccc([C@@]2(O)c3c(ccc(/C=C/[C@@]4(C)OC(C)(C)C56CC54C6)c3O)NC(=O)[C@@H]2OC)cc1. The summed E-state index contributed by atoms with van der Waals surface area (Å²) in [4.78, 5) is 12.8. The summed E-state index contributed by atoms with van der Waals surface area (Å²) in [5.41, 5.74) is -0.580. The van der Waals surface area contributed by atoms with E-state index < -0.39 is 23.2 Å². The number of phenolic OH excluding ortho intramolecular Hbond substituents is 1. The zero-order valence-corrected chi connectivity index (χ0v) is 20.6. The highest BCUT2D eigenvalue weighted by molar-refractivity contribution is 6.00. The number of fused-ring (bicyclic) bond motifs is 1. The maximum atomic E-state index is 12.8. The van der Waals surface area contributed by atoms with Crippen LogP contribution in [0.3, 0.4) is 0 Å². The molecule has 0 radical (unpaired) electrons. The third-order valence-corrected chi connectivity index (χ3v) is 9.26. The van der Waals surface area contributed by atoms with Crippen LogP contribution in [0.2, 0.25) is 0 Å². The summed E-state index contributed by atoms with van der Waals surface area (Å²) < 4.78 is 17.2. The average molecular weight is 478 g/mol. The molecule has 0 bridgehead atoms. The van der Waals surface area contributed by atoms with E-state index in [0.29, 0.717) is 22.6 Å². The Kier molecular flexibility index (Phi) is 4.30. The lowest BCUT2D eigenvalue weighted by atomic mass is 9.76. The summed E-state index contributed by atoms with van der Waals surface area (Å²) in [6.07, 6.45) is 4.98. The van der Waals surface area contributed by atoms with Gasteiger partial charge in [0.2, 0.25) is 0 Å². The number of amides is 1. The molecule has 3 fully saturated rings. The van der Waals surface area contributed by atoms with Crippen LogP contribution in [-0.2, 0) is 19.9 Å². The second kappa shape index (κ2) is 6.66. The second-order valence-corrected chi connectivity index (χ2v) is 11.1. The van der Waals surface area contributed by atoms with Crippen molar-refractivity contribution in [3.05, 3.63) is 59.2 Å². The van der Waals surface area contributed by atoms with E-state index in [1.54, 1.807) is 43.5 Å². The predicted octanol–water partition coefficient (Wildman–Crippen LogP) is 3.96. The van der Waals surface area contributed by atoms with Crippen LogP contribution < -0.4 is 10.1 Å². The third-order valence-electron chi connectivity index (χ3n) is 9.26. The molecule has 2 aliphatic heterocycles. The van der Waals surface area contributed by atoms with Crippen molar-refractivity contribution < 1.29 is 29.2 Å². The fraction of sp³-hybridized carbons (Fsp3) is 0.464. The first-order valence-corrected chi connectivity index (χ1v) is 12.0. The van der Waals surface area contributed by atoms with Gasteiger partial charge in [0.1, 0.15) is 11.5 Å². The highest BCUT2D eigenvalue weighted by Gasteiger charge is 2.97. The van der Waals surface area contributed by atoms with E-state index in [2.05, 4.69) is 26.1 Å². The molecule has 1 amide bonds. The molecule has 0 spiro atoms. The van der Waals surface area contributed by atoms with Crippen molar-refractivity contribution in [1.29, 1.82) is 0 Å². The molecule has 1 saturated heterocycles. The average Bonchev–Trinajstić information content (AvgIpc) is 3.65. The van der Waals surface area contributed by atoms with Gasteiger partial charge in [-0.1, -0.05) is 24.3 Å². The number of rotatable bonds is 5. The molecule has 2 aliphatic carbocycles. The molecule has 2 saturated carbocycles. The number of carbonyl (C=O) groups is 1. The lowest BCUT2D eigenvalue weighted by molar-refractivity contribution is -0.142. The van der Waals surface area contributed by atoms with E-state index in [4.69, 9.17) is 14.2 Å². The van der Waals surface area contributed by atoms with E-state index in [1.807, 2.05) is 12.2 Å². The zero-order valence-electron chi connectivity index (χ0n) is 20.6. The fourth-order valence-electron chi connectivity index (χ4n) is 7.06. The van der Waals surface area contributed by atoms with Crippen molar-refractivity contribution in [3.8, 4) is 11.5 Å². The maximum absolute atomic E-state index is 12.8. The van der Waals surface area contributed by atoms with E-state index in [9.17, 15) is 15.0 Å². The van der Waals surface area contributed by atoms with Crippen LogP contribution in [0.5, 0.6) is 11.5 Å². The maximum Gasteiger partial charge on any atom is 0.257 e.